The van der Waals surface area contributed by atoms with Crippen molar-refractivity contribution in [2.75, 3.05) is 16.4 Å². The second kappa shape index (κ2) is 7.43. The number of halogens is 4. The van der Waals surface area contributed by atoms with Gasteiger partial charge in [0.25, 0.3) is 0 Å². The van der Waals surface area contributed by atoms with Crippen molar-refractivity contribution >= 4 is 34.5 Å². The molecule has 14 heteroatoms. The summed E-state index contributed by atoms with van der Waals surface area (Å²) < 4.78 is 58.6. The highest BCUT2D eigenvalue weighted by molar-refractivity contribution is 6.00. The Bertz CT molecular complexity index is 1380. The summed E-state index contributed by atoms with van der Waals surface area (Å²) in [6.45, 7) is 0. The van der Waals surface area contributed by atoms with Crippen LogP contribution in [0.2, 0.25) is 0 Å². The second-order valence-corrected chi connectivity index (χ2v) is 7.33. The maximum atomic E-state index is 14.7. The molecule has 1 aliphatic rings. The molecule has 0 bridgehead atoms. The number of fused-ring (bicyclic) bond motifs is 1. The predicted octanol–water partition coefficient (Wildman–Crippen LogP) is 4.20. The van der Waals surface area contributed by atoms with E-state index >= 15 is 0 Å². The van der Waals surface area contributed by atoms with Gasteiger partial charge in [0, 0.05) is 11.6 Å². The summed E-state index contributed by atoms with van der Waals surface area (Å²) in [6.07, 6.45) is -1.50. The van der Waals surface area contributed by atoms with E-state index in [4.69, 9.17) is 5.73 Å². The third-order valence-electron chi connectivity index (χ3n) is 4.94. The highest BCUT2D eigenvalue weighted by Gasteiger charge is 2.35. The molecule has 0 spiro atoms. The number of rotatable bonds is 4. The molecule has 3 aromatic heterocycles. The third kappa shape index (κ3) is 3.90. The Labute approximate surface area is 181 Å². The molecule has 5 rings (SSSR count). The van der Waals surface area contributed by atoms with E-state index in [1.54, 1.807) is 4.68 Å². The van der Waals surface area contributed by atoms with Crippen LogP contribution in [-0.2, 0) is 6.18 Å². The number of nitrogen functional groups attached to an aromatic ring is 1. The fraction of sp³-hybridized carbons (Fsp3) is 0.211. The highest BCUT2D eigenvalue weighted by Crippen LogP contribution is 2.40. The van der Waals surface area contributed by atoms with Crippen molar-refractivity contribution in [3.63, 3.8) is 0 Å². The average molecular weight is 462 g/mol. The molecule has 1 aromatic carbocycles. The number of anilines is 3. The first-order chi connectivity index (χ1) is 15.7. The number of nitrogens with two attached hydrogens (primary N) is 1. The van der Waals surface area contributed by atoms with Gasteiger partial charge >= 0.3 is 12.2 Å². The molecular weight excluding hydrogens is 448 g/mol. The number of amides is 2. The first kappa shape index (κ1) is 20.7. The van der Waals surface area contributed by atoms with Gasteiger partial charge in [-0.2, -0.15) is 18.3 Å². The quantitative estimate of drug-likeness (QED) is 0.387. The largest absolute Gasteiger partial charge is 0.436 e. The van der Waals surface area contributed by atoms with Crippen LogP contribution in [0.1, 0.15) is 24.6 Å². The summed E-state index contributed by atoms with van der Waals surface area (Å²) in [6, 6.07) is 3.63. The van der Waals surface area contributed by atoms with Gasteiger partial charge in [-0.15, -0.1) is 0 Å². The number of aromatic nitrogens is 5. The number of nitrogens with zero attached hydrogens (tertiary/aromatic N) is 5. The van der Waals surface area contributed by atoms with Crippen molar-refractivity contribution in [3.8, 4) is 11.3 Å². The minimum atomic E-state index is -4.73. The van der Waals surface area contributed by atoms with E-state index in [1.165, 1.54) is 18.5 Å². The summed E-state index contributed by atoms with van der Waals surface area (Å²) >= 11 is 0. The first-order valence-electron chi connectivity index (χ1n) is 9.61. The Hall–Kier alpha value is -4.23. The first-order valence-corrected chi connectivity index (χ1v) is 9.61. The molecule has 0 unspecified atom stereocenters. The molecule has 4 aromatic rings. The van der Waals surface area contributed by atoms with E-state index in [9.17, 15) is 22.4 Å². The molecule has 4 N–H and O–H groups in total. The zero-order chi connectivity index (χ0) is 23.3. The van der Waals surface area contributed by atoms with Gasteiger partial charge < -0.3 is 15.6 Å². The van der Waals surface area contributed by atoms with Crippen LogP contribution in [0.5, 0.6) is 0 Å². The van der Waals surface area contributed by atoms with E-state index in [0.717, 1.165) is 18.9 Å². The molecule has 170 valence electrons. The van der Waals surface area contributed by atoms with Gasteiger partial charge in [-0.3, -0.25) is 5.32 Å². The molecule has 1 fully saturated rings. The lowest BCUT2D eigenvalue weighted by Crippen LogP contribution is -2.19. The van der Waals surface area contributed by atoms with E-state index in [0.29, 0.717) is 28.4 Å². The number of carbonyl (C=O) groups is 1. The summed E-state index contributed by atoms with van der Waals surface area (Å²) in [7, 11) is 0. The molecule has 3 heterocycles. The fourth-order valence-corrected chi connectivity index (χ4v) is 3.27. The molecule has 0 saturated heterocycles. The van der Waals surface area contributed by atoms with E-state index in [1.807, 2.05) is 5.32 Å². The number of nitrogens with one attached hydrogen (secondary N) is 2. The minimum absolute atomic E-state index is 0.194. The van der Waals surface area contributed by atoms with Crippen molar-refractivity contribution in [1.82, 2.24) is 24.9 Å². The topological polar surface area (TPSA) is 137 Å². The zero-order valence-corrected chi connectivity index (χ0v) is 16.5. The van der Waals surface area contributed by atoms with Gasteiger partial charge in [-0.05, 0) is 25.0 Å². The van der Waals surface area contributed by atoms with Crippen LogP contribution < -0.4 is 16.4 Å². The summed E-state index contributed by atoms with van der Waals surface area (Å²) in [5.41, 5.74) is 5.81. The standard InChI is InChI=1S/C19H14F4N8O2/c20-10-5-8(15-14-16(24)25-7-26-17(14)31(29-15)9-2-3-9)1-4-11(10)27-18(32)28-13-6-12(30-33-13)19(21,22)23/h1,4-7,9H,2-3H2,(H2,24,25,26)(H2,27,28,32). The Morgan fingerprint density at radius 3 is 2.64 bits per heavy atom. The van der Waals surface area contributed by atoms with Gasteiger partial charge in [0.1, 0.15) is 23.7 Å². The second-order valence-electron chi connectivity index (χ2n) is 7.33. The van der Waals surface area contributed by atoms with Crippen LogP contribution in [-0.4, -0.2) is 30.9 Å². The molecular formula is C19H14F4N8O2. The molecule has 33 heavy (non-hydrogen) atoms. The maximum Gasteiger partial charge on any atom is 0.436 e. The van der Waals surface area contributed by atoms with Crippen molar-refractivity contribution in [3.05, 3.63) is 42.1 Å². The van der Waals surface area contributed by atoms with Crippen LogP contribution in [0.3, 0.4) is 0 Å². The van der Waals surface area contributed by atoms with Gasteiger partial charge in [-0.1, -0.05) is 11.2 Å². The van der Waals surface area contributed by atoms with E-state index in [-0.39, 0.29) is 17.5 Å². The Morgan fingerprint density at radius 1 is 1.18 bits per heavy atom. The lowest BCUT2D eigenvalue weighted by atomic mass is 10.1. The Kier molecular flexibility index (Phi) is 4.65. The third-order valence-corrected chi connectivity index (χ3v) is 4.94. The van der Waals surface area contributed by atoms with Crippen LogP contribution in [0.25, 0.3) is 22.3 Å². The Balaban J connectivity index is 1.38. The number of hydrogen-bond donors (Lipinski definition) is 3. The van der Waals surface area contributed by atoms with Gasteiger partial charge in [0.15, 0.2) is 11.3 Å². The summed E-state index contributed by atoms with van der Waals surface area (Å²) in [5, 5.41) is 12.1. The van der Waals surface area contributed by atoms with Gasteiger partial charge in [-0.25, -0.2) is 23.8 Å². The number of benzene rings is 1. The molecule has 10 nitrogen and oxygen atoms in total. The number of alkyl halides is 3. The van der Waals surface area contributed by atoms with Gasteiger partial charge in [0.05, 0.1) is 17.1 Å². The number of urea groups is 1. The fourth-order valence-electron chi connectivity index (χ4n) is 3.27. The van der Waals surface area contributed by atoms with Gasteiger partial charge in [0.2, 0.25) is 5.88 Å². The lowest BCUT2D eigenvalue weighted by Gasteiger charge is -2.08. The minimum Gasteiger partial charge on any atom is -0.383 e. The van der Waals surface area contributed by atoms with Crippen LogP contribution in [0.15, 0.2) is 35.1 Å². The predicted molar refractivity (Wildman–Crippen MR) is 108 cm³/mol. The van der Waals surface area contributed by atoms with E-state index < -0.39 is 29.6 Å². The van der Waals surface area contributed by atoms with E-state index in [2.05, 4.69) is 30.1 Å². The summed E-state index contributed by atoms with van der Waals surface area (Å²) in [4.78, 5) is 20.3. The normalized spacial score (nSPS) is 13.9. The van der Waals surface area contributed by atoms with Crippen molar-refractivity contribution in [2.45, 2.75) is 25.1 Å². The number of carbonyl (C=O) groups excluding carboxylic acids is 1. The SMILES string of the molecule is Nc1ncnc2c1c(-c1ccc(NC(=O)Nc3cc(C(F)(F)F)no3)c(F)c1)nn2C1CC1. The highest BCUT2D eigenvalue weighted by atomic mass is 19.4. The zero-order valence-electron chi connectivity index (χ0n) is 16.5. The molecule has 0 radical (unpaired) electrons. The molecule has 0 atom stereocenters. The molecule has 0 aliphatic heterocycles. The number of hydrogen-bond acceptors (Lipinski definition) is 7. The maximum absolute atomic E-state index is 14.7. The monoisotopic (exact) mass is 462 g/mol. The van der Waals surface area contributed by atoms with Crippen LogP contribution in [0, 0.1) is 5.82 Å². The lowest BCUT2D eigenvalue weighted by molar-refractivity contribution is -0.142. The molecule has 1 saturated carbocycles. The van der Waals surface area contributed by atoms with Crippen LogP contribution >= 0.6 is 0 Å². The molecule has 2 amide bonds. The van der Waals surface area contributed by atoms with Crippen molar-refractivity contribution < 1.29 is 26.9 Å². The van der Waals surface area contributed by atoms with Crippen molar-refractivity contribution in [2.24, 2.45) is 0 Å². The summed E-state index contributed by atoms with van der Waals surface area (Å²) in [5.74, 6) is -1.15. The van der Waals surface area contributed by atoms with Crippen LogP contribution in [0.4, 0.5) is 39.7 Å². The smallest absolute Gasteiger partial charge is 0.383 e. The Morgan fingerprint density at radius 2 is 1.97 bits per heavy atom. The van der Waals surface area contributed by atoms with Crippen molar-refractivity contribution in [1.29, 1.82) is 0 Å². The average Bonchev–Trinajstić information content (AvgIpc) is 3.34. The molecule has 1 aliphatic carbocycles.